The van der Waals surface area contributed by atoms with Gasteiger partial charge in [-0.15, -0.1) is 5.10 Å². The fourth-order valence-corrected chi connectivity index (χ4v) is 3.42. The van der Waals surface area contributed by atoms with Crippen molar-refractivity contribution in [1.29, 1.82) is 0 Å². The Balaban J connectivity index is 1.38. The molecule has 0 atom stereocenters. The molecule has 2 aromatic carbocycles. The third-order valence-electron chi connectivity index (χ3n) is 5.45. The maximum atomic E-state index is 5.88. The van der Waals surface area contributed by atoms with Gasteiger partial charge in [-0.25, -0.2) is 9.67 Å². The van der Waals surface area contributed by atoms with Gasteiger partial charge in [0.2, 0.25) is 11.7 Å². The smallest absolute Gasteiger partial charge is 0.280 e. The van der Waals surface area contributed by atoms with Gasteiger partial charge < -0.3 is 13.7 Å². The van der Waals surface area contributed by atoms with Gasteiger partial charge in [-0.05, 0) is 45.0 Å². The van der Waals surface area contributed by atoms with Gasteiger partial charge in [-0.1, -0.05) is 40.2 Å². The Hall–Kier alpha value is -4.27. The van der Waals surface area contributed by atoms with Crippen LogP contribution < -0.4 is 4.74 Å². The summed E-state index contributed by atoms with van der Waals surface area (Å²) in [6, 6.07) is 15.5. The lowest BCUT2D eigenvalue weighted by atomic mass is 10.1. The van der Waals surface area contributed by atoms with Crippen molar-refractivity contribution in [2.45, 2.75) is 27.3 Å². The van der Waals surface area contributed by atoms with Crippen molar-refractivity contribution in [3.8, 4) is 40.2 Å². The van der Waals surface area contributed by atoms with E-state index in [4.69, 9.17) is 13.7 Å². The van der Waals surface area contributed by atoms with E-state index in [9.17, 15) is 0 Å². The molecule has 0 N–H and O–H groups in total. The second-order valence-electron chi connectivity index (χ2n) is 7.72. The molecule has 5 rings (SSSR count). The molecule has 5 aromatic rings. The Morgan fingerprint density at radius 1 is 0.879 bits per heavy atom. The van der Waals surface area contributed by atoms with Crippen molar-refractivity contribution < 1.29 is 13.7 Å². The molecule has 0 aliphatic carbocycles. The second-order valence-corrected chi connectivity index (χ2v) is 7.72. The largest absolute Gasteiger partial charge is 0.497 e. The summed E-state index contributed by atoms with van der Waals surface area (Å²) in [6.07, 6.45) is 0. The molecule has 3 heterocycles. The zero-order valence-corrected chi connectivity index (χ0v) is 18.7. The first-order valence-corrected chi connectivity index (χ1v) is 10.4. The molecular weight excluding hydrogens is 420 g/mol. The van der Waals surface area contributed by atoms with Gasteiger partial charge >= 0.3 is 0 Å². The molecule has 33 heavy (non-hydrogen) atoms. The van der Waals surface area contributed by atoms with Gasteiger partial charge in [-0.2, -0.15) is 4.98 Å². The summed E-state index contributed by atoms with van der Waals surface area (Å²) in [4.78, 5) is 9.16. The average molecular weight is 442 g/mol. The number of hydrogen-bond acceptors (Lipinski definition) is 8. The molecule has 0 saturated carbocycles. The van der Waals surface area contributed by atoms with Gasteiger partial charge in [0.25, 0.3) is 5.89 Å². The topological polar surface area (TPSA) is 105 Å². The Morgan fingerprint density at radius 3 is 2.33 bits per heavy atom. The fraction of sp³-hybridized carbons (Fsp3) is 0.208. The highest BCUT2D eigenvalue weighted by Crippen LogP contribution is 2.26. The lowest BCUT2D eigenvalue weighted by Gasteiger charge is -2.00. The average Bonchev–Trinajstić information content (AvgIpc) is 3.54. The Bertz CT molecular complexity index is 1400. The summed E-state index contributed by atoms with van der Waals surface area (Å²) in [6.45, 7) is 6.23. The molecule has 0 radical (unpaired) electrons. The quantitative estimate of drug-likeness (QED) is 0.375. The predicted octanol–water partition coefficient (Wildman–Crippen LogP) is 4.63. The Labute approximate surface area is 190 Å². The van der Waals surface area contributed by atoms with Crippen molar-refractivity contribution in [2.75, 3.05) is 7.11 Å². The number of nitrogens with zero attached hydrogens (tertiary/aromatic N) is 6. The molecule has 0 aliphatic heterocycles. The number of rotatable bonds is 6. The van der Waals surface area contributed by atoms with Crippen LogP contribution in [0.4, 0.5) is 0 Å². The third-order valence-corrected chi connectivity index (χ3v) is 5.45. The summed E-state index contributed by atoms with van der Waals surface area (Å²) in [7, 11) is 1.63. The number of benzene rings is 2. The van der Waals surface area contributed by atoms with Crippen molar-refractivity contribution in [2.24, 2.45) is 0 Å². The van der Waals surface area contributed by atoms with Gasteiger partial charge in [0.15, 0.2) is 5.69 Å². The number of aromatic nitrogens is 6. The van der Waals surface area contributed by atoms with Crippen molar-refractivity contribution >= 4 is 0 Å². The lowest BCUT2D eigenvalue weighted by Crippen LogP contribution is -2.05. The number of oxazole rings is 1. The van der Waals surface area contributed by atoms with E-state index >= 15 is 0 Å². The van der Waals surface area contributed by atoms with Crippen molar-refractivity contribution in [3.05, 3.63) is 71.2 Å². The summed E-state index contributed by atoms with van der Waals surface area (Å²) in [5.41, 5.74) is 5.02. The van der Waals surface area contributed by atoms with Crippen LogP contribution in [0.15, 0.2) is 57.5 Å². The first-order valence-electron chi connectivity index (χ1n) is 10.4. The molecule has 0 spiro atoms. The van der Waals surface area contributed by atoms with Gasteiger partial charge in [0.05, 0.1) is 19.3 Å². The van der Waals surface area contributed by atoms with E-state index in [-0.39, 0.29) is 0 Å². The van der Waals surface area contributed by atoms with Gasteiger partial charge in [0, 0.05) is 11.1 Å². The summed E-state index contributed by atoms with van der Waals surface area (Å²) in [5.74, 6) is 2.87. The van der Waals surface area contributed by atoms with E-state index < -0.39 is 0 Å². The standard InChI is InChI=1S/C24H22N6O3/c1-14-5-7-17(8-6-14)22-26-24(33-28-22)21-15(2)30(29-27-21)13-20-16(3)32-23(25-20)18-9-11-19(31-4)12-10-18/h5-12H,13H2,1-4H3. The molecule has 0 amide bonds. The third kappa shape index (κ3) is 4.00. The molecule has 9 heteroatoms. The minimum absolute atomic E-state index is 0.324. The maximum Gasteiger partial charge on any atom is 0.280 e. The zero-order valence-electron chi connectivity index (χ0n) is 18.7. The van der Waals surface area contributed by atoms with E-state index in [0.717, 1.165) is 34.0 Å². The van der Waals surface area contributed by atoms with Crippen LogP contribution in [0.1, 0.15) is 22.7 Å². The number of methoxy groups -OCH3 is 1. The molecule has 3 aromatic heterocycles. The minimum atomic E-state index is 0.324. The highest BCUT2D eigenvalue weighted by Gasteiger charge is 2.20. The summed E-state index contributed by atoms with van der Waals surface area (Å²) < 4.78 is 18.3. The fourth-order valence-electron chi connectivity index (χ4n) is 3.42. The van der Waals surface area contributed by atoms with Crippen LogP contribution in [0.25, 0.3) is 34.4 Å². The first kappa shape index (κ1) is 20.6. The normalized spacial score (nSPS) is 11.2. The highest BCUT2D eigenvalue weighted by molar-refractivity contribution is 5.59. The molecule has 166 valence electrons. The summed E-state index contributed by atoms with van der Waals surface area (Å²) >= 11 is 0. The van der Waals surface area contributed by atoms with Gasteiger partial charge in [-0.3, -0.25) is 0 Å². The van der Waals surface area contributed by atoms with E-state index in [0.29, 0.717) is 29.8 Å². The van der Waals surface area contributed by atoms with E-state index in [2.05, 4.69) is 25.4 Å². The van der Waals surface area contributed by atoms with Crippen LogP contribution in [0.5, 0.6) is 5.75 Å². The number of ether oxygens (including phenoxy) is 1. The van der Waals surface area contributed by atoms with Crippen LogP contribution in [0.3, 0.4) is 0 Å². The van der Waals surface area contributed by atoms with E-state index in [1.165, 1.54) is 5.56 Å². The van der Waals surface area contributed by atoms with Gasteiger partial charge in [0.1, 0.15) is 17.2 Å². The predicted molar refractivity (Wildman–Crippen MR) is 121 cm³/mol. The van der Waals surface area contributed by atoms with Crippen LogP contribution in [-0.2, 0) is 6.54 Å². The molecule has 0 saturated heterocycles. The molecular formula is C24H22N6O3. The van der Waals surface area contributed by atoms with Crippen molar-refractivity contribution in [3.63, 3.8) is 0 Å². The van der Waals surface area contributed by atoms with Crippen LogP contribution in [-0.4, -0.2) is 37.2 Å². The highest BCUT2D eigenvalue weighted by atomic mass is 16.5. The maximum absolute atomic E-state index is 5.88. The molecule has 0 bridgehead atoms. The molecule has 0 fully saturated rings. The second kappa shape index (κ2) is 8.34. The van der Waals surface area contributed by atoms with E-state index in [1.54, 1.807) is 11.8 Å². The Kier molecular flexibility index (Phi) is 5.21. The molecule has 0 aliphatic rings. The zero-order chi connectivity index (χ0) is 22.9. The molecule has 0 unspecified atom stereocenters. The summed E-state index contributed by atoms with van der Waals surface area (Å²) in [5, 5.41) is 12.6. The van der Waals surface area contributed by atoms with Crippen molar-refractivity contribution in [1.82, 2.24) is 30.1 Å². The van der Waals surface area contributed by atoms with E-state index in [1.807, 2.05) is 69.3 Å². The minimum Gasteiger partial charge on any atom is -0.497 e. The monoisotopic (exact) mass is 442 g/mol. The molecule has 9 nitrogen and oxygen atoms in total. The lowest BCUT2D eigenvalue weighted by molar-refractivity contribution is 0.415. The van der Waals surface area contributed by atoms with Crippen LogP contribution in [0, 0.1) is 20.8 Å². The number of hydrogen-bond donors (Lipinski definition) is 0. The Morgan fingerprint density at radius 2 is 1.61 bits per heavy atom. The SMILES string of the molecule is COc1ccc(-c2nc(Cn3nnc(-c4nc(-c5ccc(C)cc5)no4)c3C)c(C)o2)cc1. The van der Waals surface area contributed by atoms with Crippen LogP contribution >= 0.6 is 0 Å². The first-order chi connectivity index (χ1) is 16.0. The number of aryl methyl sites for hydroxylation is 2. The van der Waals surface area contributed by atoms with Crippen LogP contribution in [0.2, 0.25) is 0 Å².